The van der Waals surface area contributed by atoms with Gasteiger partial charge in [-0.1, -0.05) is 18.2 Å². The van der Waals surface area contributed by atoms with Crippen molar-refractivity contribution < 1.29 is 23.5 Å². The topological polar surface area (TPSA) is 67.9 Å². The molecule has 2 aromatic carbocycles. The molecule has 7 heteroatoms. The maximum Gasteiger partial charge on any atom is 0.251 e. The lowest BCUT2D eigenvalue weighted by Gasteiger charge is -2.18. The van der Waals surface area contributed by atoms with Crippen LogP contribution in [0.1, 0.15) is 15.9 Å². The Labute approximate surface area is 151 Å². The van der Waals surface area contributed by atoms with Gasteiger partial charge in [0.25, 0.3) is 5.91 Å². The molecule has 26 heavy (non-hydrogen) atoms. The number of amides is 2. The zero-order chi connectivity index (χ0) is 19.1. The van der Waals surface area contributed by atoms with Gasteiger partial charge in [-0.05, 0) is 24.3 Å². The zero-order valence-corrected chi connectivity index (χ0v) is 14.9. The van der Waals surface area contributed by atoms with E-state index < -0.39 is 5.91 Å². The minimum absolute atomic E-state index is 0.123. The second-order valence-electron chi connectivity index (χ2n) is 5.59. The molecule has 0 aliphatic rings. The standard InChI is InChI=1S/C19H21FN2O4/c1-22(12-14-6-4-5-7-15(14)20)18(23)11-21-19(24)13-8-9-16(25-2)17(10-13)26-3/h4-10H,11-12H2,1-3H3,(H,21,24). The van der Waals surface area contributed by atoms with Crippen LogP contribution in [0, 0.1) is 5.82 Å². The van der Waals surface area contributed by atoms with Crippen LogP contribution in [0.15, 0.2) is 42.5 Å². The van der Waals surface area contributed by atoms with Crippen molar-refractivity contribution in [3.05, 3.63) is 59.4 Å². The predicted octanol–water partition coefficient (Wildman–Crippen LogP) is 2.23. The molecule has 0 aliphatic carbocycles. The Kier molecular flexibility index (Phi) is 6.54. The van der Waals surface area contributed by atoms with Crippen molar-refractivity contribution in [3.63, 3.8) is 0 Å². The van der Waals surface area contributed by atoms with Gasteiger partial charge in [0.15, 0.2) is 11.5 Å². The quantitative estimate of drug-likeness (QED) is 0.822. The van der Waals surface area contributed by atoms with E-state index in [9.17, 15) is 14.0 Å². The third kappa shape index (κ3) is 4.72. The number of nitrogens with zero attached hydrogens (tertiary/aromatic N) is 1. The van der Waals surface area contributed by atoms with Crippen LogP contribution in [0.4, 0.5) is 4.39 Å². The molecule has 0 aliphatic heterocycles. The van der Waals surface area contributed by atoms with Crippen LogP contribution in [-0.2, 0) is 11.3 Å². The summed E-state index contributed by atoms with van der Waals surface area (Å²) in [6.45, 7) is -0.0735. The van der Waals surface area contributed by atoms with Gasteiger partial charge in [0.2, 0.25) is 5.91 Å². The summed E-state index contributed by atoms with van der Waals surface area (Å²) >= 11 is 0. The maximum absolute atomic E-state index is 13.7. The molecule has 0 atom stereocenters. The average molecular weight is 360 g/mol. The lowest BCUT2D eigenvalue weighted by atomic mass is 10.2. The van der Waals surface area contributed by atoms with Crippen molar-refractivity contribution in [2.45, 2.75) is 6.54 Å². The Balaban J connectivity index is 1.94. The van der Waals surface area contributed by atoms with E-state index in [0.29, 0.717) is 22.6 Å². The highest BCUT2D eigenvalue weighted by atomic mass is 19.1. The minimum atomic E-state index is -0.418. The number of hydrogen-bond acceptors (Lipinski definition) is 4. The lowest BCUT2D eigenvalue weighted by Crippen LogP contribution is -2.38. The molecule has 0 spiro atoms. The largest absolute Gasteiger partial charge is 0.493 e. The van der Waals surface area contributed by atoms with Gasteiger partial charge >= 0.3 is 0 Å². The molecule has 0 saturated carbocycles. The van der Waals surface area contributed by atoms with E-state index in [2.05, 4.69) is 5.32 Å². The third-order valence-electron chi connectivity index (χ3n) is 3.84. The Morgan fingerprint density at radius 2 is 1.77 bits per heavy atom. The third-order valence-corrected chi connectivity index (χ3v) is 3.84. The molecule has 1 N–H and O–H groups in total. The molecule has 138 valence electrons. The summed E-state index contributed by atoms with van der Waals surface area (Å²) in [6.07, 6.45) is 0. The number of nitrogens with one attached hydrogen (secondary N) is 1. The van der Waals surface area contributed by atoms with Gasteiger partial charge in [-0.25, -0.2) is 4.39 Å². The van der Waals surface area contributed by atoms with Gasteiger partial charge < -0.3 is 19.7 Å². The van der Waals surface area contributed by atoms with Crippen molar-refractivity contribution in [2.75, 3.05) is 27.8 Å². The molecular weight excluding hydrogens is 339 g/mol. The Hall–Kier alpha value is -3.09. The highest BCUT2D eigenvalue weighted by Crippen LogP contribution is 2.27. The maximum atomic E-state index is 13.7. The van der Waals surface area contributed by atoms with E-state index in [1.807, 2.05) is 0 Å². The first kappa shape index (κ1) is 19.2. The zero-order valence-electron chi connectivity index (χ0n) is 14.9. The van der Waals surface area contributed by atoms with Crippen molar-refractivity contribution in [1.29, 1.82) is 0 Å². The summed E-state index contributed by atoms with van der Waals surface area (Å²) in [7, 11) is 4.53. The number of rotatable bonds is 7. The van der Waals surface area contributed by atoms with E-state index in [0.717, 1.165) is 0 Å². The highest BCUT2D eigenvalue weighted by molar-refractivity contribution is 5.97. The minimum Gasteiger partial charge on any atom is -0.493 e. The van der Waals surface area contributed by atoms with Crippen molar-refractivity contribution in [3.8, 4) is 11.5 Å². The number of carbonyl (C=O) groups excluding carboxylic acids is 2. The monoisotopic (exact) mass is 360 g/mol. The molecule has 0 unspecified atom stereocenters. The van der Waals surface area contributed by atoms with E-state index in [1.165, 1.54) is 31.3 Å². The Morgan fingerprint density at radius 3 is 2.42 bits per heavy atom. The fourth-order valence-electron chi connectivity index (χ4n) is 2.34. The first-order chi connectivity index (χ1) is 12.5. The molecule has 0 aromatic heterocycles. The molecule has 0 radical (unpaired) electrons. The number of methoxy groups -OCH3 is 2. The van der Waals surface area contributed by atoms with Crippen LogP contribution in [-0.4, -0.2) is 44.5 Å². The van der Waals surface area contributed by atoms with E-state index in [1.54, 1.807) is 37.4 Å². The number of ether oxygens (including phenoxy) is 2. The summed E-state index contributed by atoms with van der Waals surface area (Å²) in [5, 5.41) is 2.55. The first-order valence-corrected chi connectivity index (χ1v) is 7.94. The van der Waals surface area contributed by atoms with Gasteiger partial charge in [-0.3, -0.25) is 9.59 Å². The number of halogens is 1. The van der Waals surface area contributed by atoms with Crippen LogP contribution in [0.2, 0.25) is 0 Å². The normalized spacial score (nSPS) is 10.2. The van der Waals surface area contributed by atoms with Gasteiger partial charge in [0.05, 0.1) is 20.8 Å². The van der Waals surface area contributed by atoms with E-state index in [4.69, 9.17) is 9.47 Å². The Morgan fingerprint density at radius 1 is 1.08 bits per heavy atom. The second kappa shape index (κ2) is 8.84. The van der Waals surface area contributed by atoms with Crippen molar-refractivity contribution in [1.82, 2.24) is 10.2 Å². The number of likely N-dealkylation sites (N-methyl/N-ethyl adjacent to an activating group) is 1. The molecule has 2 rings (SSSR count). The molecular formula is C19H21FN2O4. The summed E-state index contributed by atoms with van der Waals surface area (Å²) < 4.78 is 23.9. The molecule has 0 fully saturated rings. The SMILES string of the molecule is COc1ccc(C(=O)NCC(=O)N(C)Cc2ccccc2F)cc1OC. The summed E-state index contributed by atoms with van der Waals surface area (Å²) in [5.74, 6) is -0.199. The fraction of sp³-hybridized carbons (Fsp3) is 0.263. The van der Waals surface area contributed by atoms with Crippen molar-refractivity contribution >= 4 is 11.8 Å². The van der Waals surface area contributed by atoms with E-state index >= 15 is 0 Å². The van der Waals surface area contributed by atoms with Crippen LogP contribution in [0.25, 0.3) is 0 Å². The molecule has 0 bridgehead atoms. The van der Waals surface area contributed by atoms with Crippen LogP contribution in [0.5, 0.6) is 11.5 Å². The Bertz CT molecular complexity index is 795. The summed E-state index contributed by atoms with van der Waals surface area (Å²) in [6, 6.07) is 11.0. The van der Waals surface area contributed by atoms with Crippen molar-refractivity contribution in [2.24, 2.45) is 0 Å². The van der Waals surface area contributed by atoms with Gasteiger partial charge in [-0.2, -0.15) is 0 Å². The second-order valence-corrected chi connectivity index (χ2v) is 5.59. The number of hydrogen-bond donors (Lipinski definition) is 1. The molecule has 2 aromatic rings. The average Bonchev–Trinajstić information content (AvgIpc) is 2.66. The molecule has 0 saturated heterocycles. The van der Waals surface area contributed by atoms with Crippen LogP contribution < -0.4 is 14.8 Å². The summed E-state index contributed by atoms with van der Waals surface area (Å²) in [5.41, 5.74) is 0.752. The fourth-order valence-corrected chi connectivity index (χ4v) is 2.34. The highest BCUT2D eigenvalue weighted by Gasteiger charge is 2.15. The number of benzene rings is 2. The van der Waals surface area contributed by atoms with Crippen LogP contribution in [0.3, 0.4) is 0 Å². The first-order valence-electron chi connectivity index (χ1n) is 7.94. The summed E-state index contributed by atoms with van der Waals surface area (Å²) in [4.78, 5) is 25.7. The molecule has 0 heterocycles. The molecule has 6 nitrogen and oxygen atoms in total. The predicted molar refractivity (Wildman–Crippen MR) is 94.8 cm³/mol. The van der Waals surface area contributed by atoms with Gasteiger partial charge in [-0.15, -0.1) is 0 Å². The number of carbonyl (C=O) groups is 2. The van der Waals surface area contributed by atoms with E-state index in [-0.39, 0.29) is 24.8 Å². The lowest BCUT2D eigenvalue weighted by molar-refractivity contribution is -0.129. The smallest absolute Gasteiger partial charge is 0.251 e. The van der Waals surface area contributed by atoms with Crippen LogP contribution >= 0.6 is 0 Å². The van der Waals surface area contributed by atoms with Gasteiger partial charge in [0, 0.05) is 24.7 Å². The van der Waals surface area contributed by atoms with Gasteiger partial charge in [0.1, 0.15) is 5.82 Å². The molecule has 2 amide bonds.